The van der Waals surface area contributed by atoms with Crippen LogP contribution in [0.5, 0.6) is 0 Å². The molecule has 0 aromatic carbocycles. The lowest BCUT2D eigenvalue weighted by Crippen LogP contribution is -2.52. The number of nitrogens with two attached hydrogens (primary N) is 1. The lowest BCUT2D eigenvalue weighted by molar-refractivity contribution is 0.233. The van der Waals surface area contributed by atoms with Crippen LogP contribution in [0.2, 0.25) is 0 Å². The highest BCUT2D eigenvalue weighted by Crippen LogP contribution is 2.25. The van der Waals surface area contributed by atoms with Crippen LogP contribution in [0.15, 0.2) is 19.0 Å². The Labute approximate surface area is 149 Å². The highest BCUT2D eigenvalue weighted by atomic mass is 32.1. The van der Waals surface area contributed by atoms with Crippen molar-refractivity contribution in [1.29, 1.82) is 5.41 Å². The number of aromatic nitrogens is 2. The average Bonchev–Trinajstić information content (AvgIpc) is 2.62. The van der Waals surface area contributed by atoms with Crippen LogP contribution in [0, 0.1) is 12.3 Å². The number of amidine groups is 1. The van der Waals surface area contributed by atoms with E-state index in [1.165, 1.54) is 0 Å². The molecule has 132 valence electrons. The zero-order valence-corrected chi connectivity index (χ0v) is 15.3. The molecule has 1 aliphatic rings. The molecule has 8 heteroatoms. The van der Waals surface area contributed by atoms with E-state index in [0.29, 0.717) is 24.8 Å². The second kappa shape index (κ2) is 8.34. The predicted octanol–water partition coefficient (Wildman–Crippen LogP) is 1.48. The van der Waals surface area contributed by atoms with Crippen LogP contribution in [0.25, 0.3) is 0 Å². The Morgan fingerprint density at radius 2 is 2.33 bits per heavy atom. The molecule has 1 fully saturated rings. The summed E-state index contributed by atoms with van der Waals surface area (Å²) < 4.78 is 0. The van der Waals surface area contributed by atoms with Gasteiger partial charge in [-0.1, -0.05) is 6.58 Å². The fourth-order valence-electron chi connectivity index (χ4n) is 3.03. The molecule has 0 spiro atoms. The third kappa shape index (κ3) is 3.99. The van der Waals surface area contributed by atoms with Gasteiger partial charge in [-0.3, -0.25) is 5.41 Å². The number of thiol groups is 1. The van der Waals surface area contributed by atoms with Gasteiger partial charge in [-0.05, 0) is 25.8 Å². The molecule has 7 nitrogen and oxygen atoms in total. The summed E-state index contributed by atoms with van der Waals surface area (Å²) in [7, 11) is 1.95. The van der Waals surface area contributed by atoms with Crippen LogP contribution in [0.4, 0.5) is 11.6 Å². The van der Waals surface area contributed by atoms with Gasteiger partial charge in [0.1, 0.15) is 23.8 Å². The Hall–Kier alpha value is -1.80. The summed E-state index contributed by atoms with van der Waals surface area (Å²) in [6, 6.07) is 0.404. The molecule has 0 bridgehead atoms. The van der Waals surface area contributed by atoms with Gasteiger partial charge in [0.15, 0.2) is 0 Å². The summed E-state index contributed by atoms with van der Waals surface area (Å²) in [6.45, 7) is 6.98. The van der Waals surface area contributed by atoms with E-state index in [9.17, 15) is 0 Å². The van der Waals surface area contributed by atoms with Crippen LogP contribution in [-0.4, -0.2) is 58.8 Å². The summed E-state index contributed by atoms with van der Waals surface area (Å²) in [6.07, 6.45) is 5.07. The van der Waals surface area contributed by atoms with Crippen LogP contribution < -0.4 is 16.0 Å². The largest absolute Gasteiger partial charge is 0.365 e. The van der Waals surface area contributed by atoms with E-state index in [0.717, 1.165) is 30.0 Å². The van der Waals surface area contributed by atoms with Crippen LogP contribution in [0.1, 0.15) is 18.4 Å². The number of anilines is 2. The molecule has 0 amide bonds. The predicted molar refractivity (Wildman–Crippen MR) is 103 cm³/mol. The highest BCUT2D eigenvalue weighted by Gasteiger charge is 2.28. The number of likely N-dealkylation sites (tertiary alicyclic amines) is 1. The summed E-state index contributed by atoms with van der Waals surface area (Å²) in [4.78, 5) is 12.7. The Morgan fingerprint density at radius 1 is 1.58 bits per heavy atom. The Bertz CT molecular complexity index is 592. The molecule has 0 aliphatic carbocycles. The maximum Gasteiger partial charge on any atom is 0.137 e. The first-order valence-electron chi connectivity index (χ1n) is 8.09. The maximum atomic E-state index is 8.08. The van der Waals surface area contributed by atoms with E-state index < -0.39 is 0 Å². The minimum atomic E-state index is 0.200. The van der Waals surface area contributed by atoms with Crippen molar-refractivity contribution in [3.8, 4) is 0 Å². The van der Waals surface area contributed by atoms with Gasteiger partial charge >= 0.3 is 0 Å². The molecule has 24 heavy (non-hydrogen) atoms. The molecule has 2 atom stereocenters. The standard InChI is InChI=1S/C16H27N7S/c1-4-14(18)23-8-12(5-6-13(23)7-17)21-15-11(2)16(20-9-19-15)22(3)10-24/h4,9,12-13,18,24H,1,5-8,10,17H2,2-3H3,(H,19,20,21). The number of nitrogens with one attached hydrogen (secondary N) is 2. The third-order valence-electron chi connectivity index (χ3n) is 4.45. The van der Waals surface area contributed by atoms with Gasteiger partial charge in [-0.25, -0.2) is 9.97 Å². The van der Waals surface area contributed by atoms with E-state index in [1.807, 2.05) is 23.8 Å². The summed E-state index contributed by atoms with van der Waals surface area (Å²) in [5.74, 6) is 2.71. The monoisotopic (exact) mass is 349 g/mol. The van der Waals surface area contributed by atoms with Gasteiger partial charge in [-0.15, -0.1) is 0 Å². The number of hydrogen-bond donors (Lipinski definition) is 4. The first kappa shape index (κ1) is 18.5. The number of hydrogen-bond acceptors (Lipinski definition) is 7. The van der Waals surface area contributed by atoms with Crippen molar-refractivity contribution in [1.82, 2.24) is 14.9 Å². The maximum absolute atomic E-state index is 8.08. The van der Waals surface area contributed by atoms with Crippen molar-refractivity contribution in [3.63, 3.8) is 0 Å². The van der Waals surface area contributed by atoms with E-state index in [4.69, 9.17) is 11.1 Å². The number of piperidine rings is 1. The minimum absolute atomic E-state index is 0.200. The highest BCUT2D eigenvalue weighted by molar-refractivity contribution is 7.80. The van der Waals surface area contributed by atoms with Gasteiger partial charge in [0.05, 0.1) is 5.88 Å². The molecular weight excluding hydrogens is 322 g/mol. The normalized spacial score (nSPS) is 20.6. The zero-order valence-electron chi connectivity index (χ0n) is 14.4. The molecule has 2 rings (SSSR count). The fourth-order valence-corrected chi connectivity index (χ4v) is 3.17. The molecule has 1 aromatic heterocycles. The van der Waals surface area contributed by atoms with Crippen molar-refractivity contribution in [2.75, 3.05) is 36.2 Å². The lowest BCUT2D eigenvalue weighted by atomic mass is 9.97. The van der Waals surface area contributed by atoms with Crippen molar-refractivity contribution < 1.29 is 0 Å². The quantitative estimate of drug-likeness (QED) is 0.269. The lowest BCUT2D eigenvalue weighted by Gasteiger charge is -2.40. The van der Waals surface area contributed by atoms with Gasteiger partial charge in [0.2, 0.25) is 0 Å². The minimum Gasteiger partial charge on any atom is -0.365 e. The van der Waals surface area contributed by atoms with Crippen LogP contribution in [0.3, 0.4) is 0 Å². The van der Waals surface area contributed by atoms with Crippen LogP contribution in [-0.2, 0) is 0 Å². The molecular formula is C16H27N7S. The fraction of sp³-hybridized carbons (Fsp3) is 0.562. The number of rotatable bonds is 6. The van der Waals surface area contributed by atoms with E-state index in [1.54, 1.807) is 12.4 Å². The van der Waals surface area contributed by atoms with Crippen molar-refractivity contribution in [3.05, 3.63) is 24.5 Å². The van der Waals surface area contributed by atoms with Gasteiger partial charge in [0.25, 0.3) is 0 Å². The van der Waals surface area contributed by atoms with E-state index in [-0.39, 0.29) is 12.1 Å². The van der Waals surface area contributed by atoms with Gasteiger partial charge in [0, 0.05) is 37.8 Å². The van der Waals surface area contributed by atoms with Gasteiger partial charge < -0.3 is 20.9 Å². The number of nitrogens with zero attached hydrogens (tertiary/aromatic N) is 4. The topological polar surface area (TPSA) is 94.2 Å². The zero-order chi connectivity index (χ0) is 17.7. The second-order valence-electron chi connectivity index (χ2n) is 6.06. The molecule has 1 saturated heterocycles. The molecule has 0 radical (unpaired) electrons. The Kier molecular flexibility index (Phi) is 6.44. The van der Waals surface area contributed by atoms with Crippen molar-refractivity contribution >= 4 is 30.1 Å². The second-order valence-corrected chi connectivity index (χ2v) is 6.34. The Balaban J connectivity index is 2.14. The Morgan fingerprint density at radius 3 is 2.96 bits per heavy atom. The summed E-state index contributed by atoms with van der Waals surface area (Å²) >= 11 is 4.30. The third-order valence-corrected chi connectivity index (χ3v) is 4.88. The molecule has 1 aliphatic heterocycles. The first-order chi connectivity index (χ1) is 11.5. The molecule has 4 N–H and O–H groups in total. The molecule has 1 aromatic rings. The molecule has 2 heterocycles. The van der Waals surface area contributed by atoms with Crippen molar-refractivity contribution in [2.24, 2.45) is 5.73 Å². The SMILES string of the molecule is C=CC(=N)N1CC(Nc2ncnc(N(C)CS)c2C)CCC1CN. The molecule has 0 saturated carbocycles. The average molecular weight is 350 g/mol. The first-order valence-corrected chi connectivity index (χ1v) is 8.72. The summed E-state index contributed by atoms with van der Waals surface area (Å²) in [5.41, 5.74) is 6.85. The van der Waals surface area contributed by atoms with E-state index in [2.05, 4.69) is 34.5 Å². The van der Waals surface area contributed by atoms with E-state index >= 15 is 0 Å². The van der Waals surface area contributed by atoms with Crippen molar-refractivity contribution in [2.45, 2.75) is 31.8 Å². The summed E-state index contributed by atoms with van der Waals surface area (Å²) in [5, 5.41) is 11.6. The smallest absolute Gasteiger partial charge is 0.137 e. The molecule has 2 unspecified atom stereocenters. The van der Waals surface area contributed by atoms with Crippen LogP contribution >= 0.6 is 12.6 Å². The van der Waals surface area contributed by atoms with Gasteiger partial charge in [-0.2, -0.15) is 12.6 Å².